The van der Waals surface area contributed by atoms with Gasteiger partial charge >= 0.3 is 6.09 Å². The molecular weight excluding hydrogens is 378 g/mol. The molecule has 1 fully saturated rings. The van der Waals surface area contributed by atoms with Crippen LogP contribution in [0.3, 0.4) is 0 Å². The summed E-state index contributed by atoms with van der Waals surface area (Å²) >= 11 is 0. The molecule has 0 aromatic heterocycles. The molecule has 0 bridgehead atoms. The van der Waals surface area contributed by atoms with E-state index in [9.17, 15) is 9.59 Å². The predicted octanol–water partition coefficient (Wildman–Crippen LogP) is 3.93. The summed E-state index contributed by atoms with van der Waals surface area (Å²) in [5, 5.41) is 11.3. The molecule has 6 nitrogen and oxygen atoms in total. The number of carboxylic acid groups (broad SMARTS) is 1. The molecule has 1 aliphatic rings. The molecule has 0 saturated carbocycles. The number of rotatable bonds is 7. The van der Waals surface area contributed by atoms with Crippen LogP contribution in [-0.4, -0.2) is 54.7 Å². The molecule has 0 spiro atoms. The molecule has 6 heteroatoms. The molecule has 1 atom stereocenters. The summed E-state index contributed by atoms with van der Waals surface area (Å²) in [5.41, 5.74) is 3.55. The van der Waals surface area contributed by atoms with Gasteiger partial charge in [-0.05, 0) is 35.6 Å². The van der Waals surface area contributed by atoms with Gasteiger partial charge in [-0.25, -0.2) is 4.79 Å². The lowest BCUT2D eigenvalue weighted by molar-refractivity contribution is -0.136. The normalized spacial score (nSPS) is 15.2. The topological polar surface area (TPSA) is 72.9 Å². The van der Waals surface area contributed by atoms with Crippen LogP contribution in [-0.2, 0) is 4.79 Å². The van der Waals surface area contributed by atoms with Gasteiger partial charge < -0.3 is 20.2 Å². The minimum atomic E-state index is -1.08. The molecule has 2 amide bonds. The first-order valence-electron chi connectivity index (χ1n) is 10.6. The third-order valence-corrected chi connectivity index (χ3v) is 5.54. The number of benzene rings is 2. The highest BCUT2D eigenvalue weighted by atomic mass is 16.4. The van der Waals surface area contributed by atoms with Gasteiger partial charge in [0, 0.05) is 38.4 Å². The predicted molar refractivity (Wildman–Crippen MR) is 120 cm³/mol. The van der Waals surface area contributed by atoms with Crippen molar-refractivity contribution in [2.75, 3.05) is 37.6 Å². The van der Waals surface area contributed by atoms with Crippen LogP contribution in [0.5, 0.6) is 0 Å². The van der Waals surface area contributed by atoms with Crippen molar-refractivity contribution >= 4 is 17.7 Å². The lowest BCUT2D eigenvalue weighted by Gasteiger charge is -2.38. The number of piperazine rings is 1. The Hall–Kier alpha value is -3.02. The number of anilines is 1. The van der Waals surface area contributed by atoms with Crippen molar-refractivity contribution < 1.29 is 14.7 Å². The first-order chi connectivity index (χ1) is 14.4. The Labute approximate surface area is 178 Å². The average Bonchev–Trinajstić information content (AvgIpc) is 2.76. The van der Waals surface area contributed by atoms with Crippen molar-refractivity contribution in [3.8, 4) is 11.1 Å². The number of hydrogen-bond acceptors (Lipinski definition) is 3. The fraction of sp³-hybridized carbons (Fsp3) is 0.417. The highest BCUT2D eigenvalue weighted by Crippen LogP contribution is 2.24. The molecule has 1 saturated heterocycles. The summed E-state index contributed by atoms with van der Waals surface area (Å²) < 4.78 is 0. The summed E-state index contributed by atoms with van der Waals surface area (Å²) in [7, 11) is 0. The van der Waals surface area contributed by atoms with Crippen LogP contribution in [0.2, 0.25) is 0 Å². The number of nitrogens with one attached hydrogen (secondary N) is 1. The molecule has 3 rings (SSSR count). The molecular formula is C24H31N3O3. The highest BCUT2D eigenvalue weighted by Gasteiger charge is 2.28. The van der Waals surface area contributed by atoms with Crippen LogP contribution in [0.1, 0.15) is 20.3 Å². The van der Waals surface area contributed by atoms with Crippen molar-refractivity contribution in [1.82, 2.24) is 10.2 Å². The minimum absolute atomic E-state index is 0.0523. The van der Waals surface area contributed by atoms with E-state index >= 15 is 0 Å². The van der Waals surface area contributed by atoms with Crippen LogP contribution in [0.4, 0.5) is 10.5 Å². The molecule has 0 unspecified atom stereocenters. The molecule has 2 aromatic rings. The van der Waals surface area contributed by atoms with Crippen LogP contribution in [0, 0.1) is 11.8 Å². The molecule has 1 heterocycles. The van der Waals surface area contributed by atoms with E-state index in [2.05, 4.69) is 60.5 Å². The van der Waals surface area contributed by atoms with E-state index in [-0.39, 0.29) is 18.4 Å². The van der Waals surface area contributed by atoms with Crippen LogP contribution in [0.25, 0.3) is 11.1 Å². The maximum Gasteiger partial charge on any atom is 0.404 e. The van der Waals surface area contributed by atoms with Gasteiger partial charge in [-0.1, -0.05) is 56.3 Å². The maximum absolute atomic E-state index is 13.0. The van der Waals surface area contributed by atoms with Gasteiger partial charge in [-0.15, -0.1) is 0 Å². The lowest BCUT2D eigenvalue weighted by Crippen LogP contribution is -2.51. The van der Waals surface area contributed by atoms with Crippen LogP contribution >= 0.6 is 0 Å². The van der Waals surface area contributed by atoms with Gasteiger partial charge in [0.2, 0.25) is 5.91 Å². The van der Waals surface area contributed by atoms with Gasteiger partial charge in [-0.3, -0.25) is 4.79 Å². The smallest absolute Gasteiger partial charge is 0.404 e. The molecule has 0 radical (unpaired) electrons. The van der Waals surface area contributed by atoms with E-state index in [0.717, 1.165) is 18.8 Å². The lowest BCUT2D eigenvalue weighted by atomic mass is 9.95. The number of nitrogens with zero attached hydrogens (tertiary/aromatic N) is 2. The SMILES string of the molecule is CC(C)C[C@@H](CNC(=O)O)C(=O)N1CCN(c2ccc(-c3ccccc3)cc2)CC1. The summed E-state index contributed by atoms with van der Waals surface area (Å²) in [5.74, 6) is 0.0771. The van der Waals surface area contributed by atoms with Crippen molar-refractivity contribution in [3.05, 3.63) is 54.6 Å². The Morgan fingerprint density at radius 2 is 1.53 bits per heavy atom. The molecule has 30 heavy (non-hydrogen) atoms. The Bertz CT molecular complexity index is 829. The summed E-state index contributed by atoms with van der Waals surface area (Å²) in [4.78, 5) is 28.0. The highest BCUT2D eigenvalue weighted by molar-refractivity contribution is 5.80. The second-order valence-electron chi connectivity index (χ2n) is 8.24. The van der Waals surface area contributed by atoms with Gasteiger partial charge in [0.1, 0.15) is 0 Å². The van der Waals surface area contributed by atoms with Gasteiger partial charge in [-0.2, -0.15) is 0 Å². The summed E-state index contributed by atoms with van der Waals surface area (Å²) in [6.07, 6.45) is -0.402. The van der Waals surface area contributed by atoms with Crippen molar-refractivity contribution in [2.24, 2.45) is 11.8 Å². The fourth-order valence-corrected chi connectivity index (χ4v) is 3.99. The monoisotopic (exact) mass is 409 g/mol. The Kier molecular flexibility index (Phi) is 7.33. The third kappa shape index (κ3) is 5.75. The summed E-state index contributed by atoms with van der Waals surface area (Å²) in [6.45, 7) is 7.14. The van der Waals surface area contributed by atoms with E-state index in [1.54, 1.807) is 0 Å². The minimum Gasteiger partial charge on any atom is -0.465 e. The van der Waals surface area contributed by atoms with Gasteiger partial charge in [0.25, 0.3) is 0 Å². The molecule has 160 valence electrons. The fourth-order valence-electron chi connectivity index (χ4n) is 3.99. The van der Waals surface area contributed by atoms with Crippen LogP contribution in [0.15, 0.2) is 54.6 Å². The third-order valence-electron chi connectivity index (χ3n) is 5.54. The number of carbonyl (C=O) groups is 2. The van der Waals surface area contributed by atoms with Crippen molar-refractivity contribution in [1.29, 1.82) is 0 Å². The number of carbonyl (C=O) groups excluding carboxylic acids is 1. The average molecular weight is 410 g/mol. The van der Waals surface area contributed by atoms with E-state index in [4.69, 9.17) is 5.11 Å². The van der Waals surface area contributed by atoms with E-state index in [1.807, 2.05) is 23.1 Å². The quantitative estimate of drug-likeness (QED) is 0.727. The van der Waals surface area contributed by atoms with E-state index in [0.29, 0.717) is 25.4 Å². The summed E-state index contributed by atoms with van der Waals surface area (Å²) in [6, 6.07) is 18.9. The Morgan fingerprint density at radius 1 is 0.933 bits per heavy atom. The zero-order valence-electron chi connectivity index (χ0n) is 17.8. The molecule has 0 aliphatic carbocycles. The second-order valence-corrected chi connectivity index (χ2v) is 8.24. The van der Waals surface area contributed by atoms with Crippen molar-refractivity contribution in [3.63, 3.8) is 0 Å². The maximum atomic E-state index is 13.0. The number of amides is 2. The van der Waals surface area contributed by atoms with Gasteiger partial charge in [0.15, 0.2) is 0 Å². The van der Waals surface area contributed by atoms with Gasteiger partial charge in [0.05, 0.1) is 5.92 Å². The van der Waals surface area contributed by atoms with E-state index in [1.165, 1.54) is 11.1 Å². The Morgan fingerprint density at radius 3 is 2.10 bits per heavy atom. The standard InChI is InChI=1S/C24H31N3O3/c1-18(2)16-21(17-25-24(29)30)23(28)27-14-12-26(13-15-27)22-10-8-20(9-11-22)19-6-4-3-5-7-19/h3-11,18,21,25H,12-17H2,1-2H3,(H,29,30)/t21-/m0/s1. The van der Waals surface area contributed by atoms with Crippen molar-refractivity contribution in [2.45, 2.75) is 20.3 Å². The first kappa shape index (κ1) is 21.7. The van der Waals surface area contributed by atoms with Crippen LogP contribution < -0.4 is 10.2 Å². The molecule has 1 aliphatic heterocycles. The number of hydrogen-bond donors (Lipinski definition) is 2. The second kappa shape index (κ2) is 10.1. The first-order valence-corrected chi connectivity index (χ1v) is 10.6. The Balaban J connectivity index is 1.58. The molecule has 2 aromatic carbocycles. The molecule has 2 N–H and O–H groups in total. The zero-order chi connectivity index (χ0) is 21.5. The largest absolute Gasteiger partial charge is 0.465 e. The zero-order valence-corrected chi connectivity index (χ0v) is 17.8. The van der Waals surface area contributed by atoms with E-state index < -0.39 is 6.09 Å².